The number of likely N-dealkylation sites (N-methyl/N-ethyl adjacent to an activating group) is 1. The highest BCUT2D eigenvalue weighted by Crippen LogP contribution is 2.17. The van der Waals surface area contributed by atoms with Gasteiger partial charge in [-0.2, -0.15) is 0 Å². The summed E-state index contributed by atoms with van der Waals surface area (Å²) < 4.78 is 0. The zero-order chi connectivity index (χ0) is 15.3. The summed E-state index contributed by atoms with van der Waals surface area (Å²) in [5.41, 5.74) is 1.19. The smallest absolute Gasteiger partial charge is 0.254 e. The Bertz CT molecular complexity index is 498. The predicted molar refractivity (Wildman–Crippen MR) is 77.7 cm³/mol. The number of rotatable bonds is 5. The first kappa shape index (κ1) is 16.0. The summed E-state index contributed by atoms with van der Waals surface area (Å²) in [5, 5.41) is 12.1. The maximum atomic E-state index is 12.4. The second-order valence-corrected chi connectivity index (χ2v) is 5.04. The largest absolute Gasteiger partial charge is 0.508 e. The van der Waals surface area contributed by atoms with Gasteiger partial charge in [0.05, 0.1) is 6.54 Å². The molecule has 2 amide bonds. The van der Waals surface area contributed by atoms with E-state index in [-0.39, 0.29) is 30.2 Å². The van der Waals surface area contributed by atoms with E-state index in [0.29, 0.717) is 17.7 Å². The van der Waals surface area contributed by atoms with Gasteiger partial charge < -0.3 is 15.3 Å². The molecule has 0 aliphatic carbocycles. The molecule has 2 N–H and O–H groups in total. The first-order chi connectivity index (χ1) is 9.35. The lowest BCUT2D eigenvalue weighted by Crippen LogP contribution is -2.42. The molecule has 0 atom stereocenters. The molecule has 0 unspecified atom stereocenters. The minimum absolute atomic E-state index is 0.0355. The van der Waals surface area contributed by atoms with Crippen LogP contribution in [0.15, 0.2) is 18.2 Å². The highest BCUT2D eigenvalue weighted by Gasteiger charge is 2.19. The molecule has 0 aliphatic rings. The van der Waals surface area contributed by atoms with Crippen molar-refractivity contribution in [2.45, 2.75) is 33.7 Å². The molecule has 0 saturated carbocycles. The summed E-state index contributed by atoms with van der Waals surface area (Å²) in [5.74, 6) is -0.254. The van der Waals surface area contributed by atoms with Crippen LogP contribution >= 0.6 is 0 Å². The van der Waals surface area contributed by atoms with Crippen molar-refractivity contribution in [3.8, 4) is 5.75 Å². The van der Waals surface area contributed by atoms with Gasteiger partial charge in [-0.15, -0.1) is 0 Å². The lowest BCUT2D eigenvalue weighted by atomic mass is 10.1. The van der Waals surface area contributed by atoms with Crippen LogP contribution in [0.25, 0.3) is 0 Å². The van der Waals surface area contributed by atoms with Crippen molar-refractivity contribution in [3.63, 3.8) is 0 Å². The summed E-state index contributed by atoms with van der Waals surface area (Å²) >= 11 is 0. The van der Waals surface area contributed by atoms with Crippen LogP contribution in [-0.4, -0.2) is 41.0 Å². The SMILES string of the molecule is CCN(CC(=O)NC(C)C)C(=O)c1ccc(O)cc1C. The summed E-state index contributed by atoms with van der Waals surface area (Å²) in [6.07, 6.45) is 0. The summed E-state index contributed by atoms with van der Waals surface area (Å²) in [4.78, 5) is 25.6. The summed E-state index contributed by atoms with van der Waals surface area (Å²) in [6, 6.07) is 4.64. The van der Waals surface area contributed by atoms with Crippen molar-refractivity contribution in [3.05, 3.63) is 29.3 Å². The molecule has 110 valence electrons. The van der Waals surface area contributed by atoms with E-state index < -0.39 is 0 Å². The lowest BCUT2D eigenvalue weighted by Gasteiger charge is -2.22. The maximum Gasteiger partial charge on any atom is 0.254 e. The fraction of sp³-hybridized carbons (Fsp3) is 0.467. The van der Waals surface area contributed by atoms with Crippen molar-refractivity contribution in [1.82, 2.24) is 10.2 Å². The van der Waals surface area contributed by atoms with Gasteiger partial charge in [-0.25, -0.2) is 0 Å². The number of carbonyl (C=O) groups excluding carboxylic acids is 2. The Kier molecular flexibility index (Phi) is 5.55. The number of amides is 2. The van der Waals surface area contributed by atoms with Gasteiger partial charge in [-0.3, -0.25) is 9.59 Å². The molecule has 0 heterocycles. The number of phenols is 1. The van der Waals surface area contributed by atoms with Gasteiger partial charge in [0, 0.05) is 18.2 Å². The van der Waals surface area contributed by atoms with Crippen molar-refractivity contribution in [2.24, 2.45) is 0 Å². The molecule has 0 fully saturated rings. The van der Waals surface area contributed by atoms with Gasteiger partial charge in [0.15, 0.2) is 0 Å². The van der Waals surface area contributed by atoms with E-state index in [2.05, 4.69) is 5.32 Å². The Morgan fingerprint density at radius 2 is 2.00 bits per heavy atom. The number of nitrogens with zero attached hydrogens (tertiary/aromatic N) is 1. The van der Waals surface area contributed by atoms with Gasteiger partial charge >= 0.3 is 0 Å². The van der Waals surface area contributed by atoms with Crippen LogP contribution in [0.3, 0.4) is 0 Å². The zero-order valence-electron chi connectivity index (χ0n) is 12.4. The summed E-state index contributed by atoms with van der Waals surface area (Å²) in [6.45, 7) is 7.82. The van der Waals surface area contributed by atoms with Crippen LogP contribution in [0.5, 0.6) is 5.75 Å². The van der Waals surface area contributed by atoms with Gasteiger partial charge in [0.25, 0.3) is 5.91 Å². The van der Waals surface area contributed by atoms with E-state index in [1.807, 2.05) is 20.8 Å². The minimum atomic E-state index is -0.205. The lowest BCUT2D eigenvalue weighted by molar-refractivity contribution is -0.122. The minimum Gasteiger partial charge on any atom is -0.508 e. The Morgan fingerprint density at radius 1 is 1.35 bits per heavy atom. The molecular formula is C15H22N2O3. The third-order valence-electron chi connectivity index (χ3n) is 2.89. The van der Waals surface area contributed by atoms with E-state index in [0.717, 1.165) is 0 Å². The molecule has 1 rings (SSSR count). The van der Waals surface area contributed by atoms with E-state index in [1.54, 1.807) is 13.0 Å². The van der Waals surface area contributed by atoms with Gasteiger partial charge in [0.1, 0.15) is 5.75 Å². The van der Waals surface area contributed by atoms with Gasteiger partial charge in [-0.1, -0.05) is 0 Å². The fourth-order valence-electron chi connectivity index (χ4n) is 1.93. The number of phenolic OH excluding ortho intramolecular Hbond substituents is 1. The number of aromatic hydroxyl groups is 1. The van der Waals surface area contributed by atoms with E-state index in [9.17, 15) is 14.7 Å². The monoisotopic (exact) mass is 278 g/mol. The third-order valence-corrected chi connectivity index (χ3v) is 2.89. The van der Waals surface area contributed by atoms with Crippen LogP contribution in [0, 0.1) is 6.92 Å². The second kappa shape index (κ2) is 6.93. The second-order valence-electron chi connectivity index (χ2n) is 5.04. The van der Waals surface area contributed by atoms with Crippen molar-refractivity contribution in [1.29, 1.82) is 0 Å². The third kappa shape index (κ3) is 4.26. The molecule has 0 aliphatic heterocycles. The topological polar surface area (TPSA) is 69.6 Å². The van der Waals surface area contributed by atoms with Crippen LogP contribution < -0.4 is 5.32 Å². The number of carbonyl (C=O) groups is 2. The van der Waals surface area contributed by atoms with Gasteiger partial charge in [-0.05, 0) is 51.5 Å². The van der Waals surface area contributed by atoms with Crippen LogP contribution in [-0.2, 0) is 4.79 Å². The molecule has 20 heavy (non-hydrogen) atoms. The van der Waals surface area contributed by atoms with Crippen LogP contribution in [0.2, 0.25) is 0 Å². The molecular weight excluding hydrogens is 256 g/mol. The summed E-state index contributed by atoms with van der Waals surface area (Å²) in [7, 11) is 0. The van der Waals surface area contributed by atoms with Crippen LogP contribution in [0.1, 0.15) is 36.7 Å². The first-order valence-corrected chi connectivity index (χ1v) is 6.73. The maximum absolute atomic E-state index is 12.4. The highest BCUT2D eigenvalue weighted by atomic mass is 16.3. The Hall–Kier alpha value is -2.04. The molecule has 5 heteroatoms. The predicted octanol–water partition coefficient (Wildman–Crippen LogP) is 1.69. The van der Waals surface area contributed by atoms with Crippen molar-refractivity contribution >= 4 is 11.8 Å². The molecule has 0 radical (unpaired) electrons. The number of aryl methyl sites for hydroxylation is 1. The standard InChI is InChI=1S/C15H22N2O3/c1-5-17(9-14(19)16-10(2)3)15(20)13-7-6-12(18)8-11(13)4/h6-8,10,18H,5,9H2,1-4H3,(H,16,19). The first-order valence-electron chi connectivity index (χ1n) is 6.73. The average molecular weight is 278 g/mol. The Balaban J connectivity index is 2.84. The molecule has 0 bridgehead atoms. The highest BCUT2D eigenvalue weighted by molar-refractivity contribution is 5.97. The molecule has 0 spiro atoms. The quantitative estimate of drug-likeness (QED) is 0.861. The number of nitrogens with one attached hydrogen (secondary N) is 1. The van der Waals surface area contributed by atoms with Gasteiger partial charge in [0.2, 0.25) is 5.91 Å². The zero-order valence-corrected chi connectivity index (χ0v) is 12.4. The molecule has 0 saturated heterocycles. The number of hydrogen-bond donors (Lipinski definition) is 2. The van der Waals surface area contributed by atoms with E-state index >= 15 is 0 Å². The number of hydrogen-bond acceptors (Lipinski definition) is 3. The van der Waals surface area contributed by atoms with Crippen LogP contribution in [0.4, 0.5) is 0 Å². The van der Waals surface area contributed by atoms with E-state index in [1.165, 1.54) is 17.0 Å². The fourth-order valence-corrected chi connectivity index (χ4v) is 1.93. The number of benzene rings is 1. The molecule has 1 aromatic rings. The van der Waals surface area contributed by atoms with Crippen molar-refractivity contribution < 1.29 is 14.7 Å². The molecule has 0 aromatic heterocycles. The van der Waals surface area contributed by atoms with Crippen molar-refractivity contribution in [2.75, 3.05) is 13.1 Å². The molecule has 1 aromatic carbocycles. The Morgan fingerprint density at radius 3 is 2.50 bits per heavy atom. The normalized spacial score (nSPS) is 10.4. The Labute approximate surface area is 119 Å². The molecule has 5 nitrogen and oxygen atoms in total. The van der Waals surface area contributed by atoms with E-state index in [4.69, 9.17) is 0 Å². The average Bonchev–Trinajstić information content (AvgIpc) is 2.34.